The van der Waals surface area contributed by atoms with Crippen LogP contribution in [0.25, 0.3) is 0 Å². The summed E-state index contributed by atoms with van der Waals surface area (Å²) in [6, 6.07) is 10.9. The normalized spacial score (nSPS) is 11.4. The summed E-state index contributed by atoms with van der Waals surface area (Å²) in [5, 5.41) is 13.8. The van der Waals surface area contributed by atoms with E-state index >= 15 is 0 Å². The smallest absolute Gasteiger partial charge is 0.339 e. The van der Waals surface area contributed by atoms with Crippen LogP contribution in [0.5, 0.6) is 5.75 Å². The Morgan fingerprint density at radius 3 is 2.61 bits per heavy atom. The summed E-state index contributed by atoms with van der Waals surface area (Å²) >= 11 is 1.20. The number of nitrogens with one attached hydrogen (secondary N) is 1. The maximum atomic E-state index is 12.4. The molecule has 0 heterocycles. The van der Waals surface area contributed by atoms with Gasteiger partial charge in [0, 0.05) is 6.07 Å². The summed E-state index contributed by atoms with van der Waals surface area (Å²) < 4.78 is 10.6. The van der Waals surface area contributed by atoms with Crippen molar-refractivity contribution >= 4 is 35.0 Å². The second-order valence-electron chi connectivity index (χ2n) is 5.61. The van der Waals surface area contributed by atoms with Crippen LogP contribution in [0.4, 0.5) is 11.4 Å². The molecule has 0 spiro atoms. The van der Waals surface area contributed by atoms with Crippen molar-refractivity contribution in [2.75, 3.05) is 18.2 Å². The number of rotatable bonds is 8. The quantitative estimate of drug-likeness (QED) is 0.308. The van der Waals surface area contributed by atoms with Crippen LogP contribution in [0.1, 0.15) is 24.2 Å². The minimum atomic E-state index is -1.11. The van der Waals surface area contributed by atoms with E-state index in [2.05, 4.69) is 5.32 Å². The van der Waals surface area contributed by atoms with Gasteiger partial charge >= 0.3 is 5.97 Å². The van der Waals surface area contributed by atoms with Crippen LogP contribution >= 0.6 is 11.8 Å². The highest BCUT2D eigenvalue weighted by molar-refractivity contribution is 7.98. The molecule has 0 aliphatic carbocycles. The van der Waals surface area contributed by atoms with E-state index in [1.807, 2.05) is 6.92 Å². The number of para-hydroxylation sites is 2. The van der Waals surface area contributed by atoms with Crippen molar-refractivity contribution in [3.8, 4) is 5.75 Å². The van der Waals surface area contributed by atoms with Crippen LogP contribution in [0.2, 0.25) is 0 Å². The number of thioether (sulfide) groups is 1. The van der Waals surface area contributed by atoms with Crippen LogP contribution in [0.15, 0.2) is 47.4 Å². The lowest BCUT2D eigenvalue weighted by Crippen LogP contribution is -2.30. The Hall–Kier alpha value is -3.07. The van der Waals surface area contributed by atoms with Gasteiger partial charge in [0.05, 0.1) is 27.7 Å². The lowest BCUT2D eigenvalue weighted by Gasteiger charge is -2.15. The number of benzene rings is 2. The molecule has 28 heavy (non-hydrogen) atoms. The molecule has 0 bridgehead atoms. The minimum absolute atomic E-state index is 0.00105. The van der Waals surface area contributed by atoms with Gasteiger partial charge in [-0.15, -0.1) is 11.8 Å². The molecule has 0 saturated heterocycles. The van der Waals surface area contributed by atoms with E-state index in [0.717, 1.165) is 6.07 Å². The van der Waals surface area contributed by atoms with Gasteiger partial charge < -0.3 is 14.8 Å². The second kappa shape index (κ2) is 9.75. The van der Waals surface area contributed by atoms with E-state index < -0.39 is 22.9 Å². The first-order valence-electron chi connectivity index (χ1n) is 8.43. The molecule has 8 nitrogen and oxygen atoms in total. The highest BCUT2D eigenvalue weighted by atomic mass is 32.2. The second-order valence-corrected chi connectivity index (χ2v) is 6.46. The fourth-order valence-corrected chi connectivity index (χ4v) is 2.87. The first-order chi connectivity index (χ1) is 13.4. The predicted molar refractivity (Wildman–Crippen MR) is 106 cm³/mol. The number of ether oxygens (including phenoxy) is 2. The SMILES string of the molecule is CCOc1ccccc1NC(=O)[C@@H](C)OC(=O)c1ccc(SC)c([N+](=O)[O-])c1. The third kappa shape index (κ3) is 5.23. The lowest BCUT2D eigenvalue weighted by atomic mass is 10.2. The summed E-state index contributed by atoms with van der Waals surface area (Å²) in [7, 11) is 0. The largest absolute Gasteiger partial charge is 0.492 e. The Balaban J connectivity index is 2.09. The number of amides is 1. The molecule has 2 aromatic carbocycles. The van der Waals surface area contributed by atoms with Crippen LogP contribution in [0.3, 0.4) is 0 Å². The zero-order valence-electron chi connectivity index (χ0n) is 15.6. The highest BCUT2D eigenvalue weighted by Gasteiger charge is 2.23. The van der Waals surface area contributed by atoms with Gasteiger partial charge in [0.2, 0.25) is 0 Å². The van der Waals surface area contributed by atoms with E-state index in [1.165, 1.54) is 30.8 Å². The number of nitro benzene ring substituents is 1. The van der Waals surface area contributed by atoms with Gasteiger partial charge in [0.15, 0.2) is 6.10 Å². The van der Waals surface area contributed by atoms with Crippen molar-refractivity contribution in [3.05, 3.63) is 58.1 Å². The standard InChI is InChI=1S/C19H20N2O6S/c1-4-26-16-8-6-5-7-14(16)20-18(22)12(2)27-19(23)13-9-10-17(28-3)15(11-13)21(24)25/h5-12H,4H2,1-3H3,(H,20,22)/t12-/m1/s1. The highest BCUT2D eigenvalue weighted by Crippen LogP contribution is 2.29. The Morgan fingerprint density at radius 1 is 1.25 bits per heavy atom. The molecule has 2 rings (SSSR count). The van der Waals surface area contributed by atoms with Gasteiger partial charge in [0.1, 0.15) is 5.75 Å². The zero-order chi connectivity index (χ0) is 20.7. The maximum Gasteiger partial charge on any atom is 0.339 e. The van der Waals surface area contributed by atoms with Crippen molar-refractivity contribution in [1.82, 2.24) is 0 Å². The lowest BCUT2D eigenvalue weighted by molar-refractivity contribution is -0.387. The Bertz CT molecular complexity index is 886. The van der Waals surface area contributed by atoms with Crippen LogP contribution in [-0.2, 0) is 9.53 Å². The maximum absolute atomic E-state index is 12.4. The molecule has 0 aliphatic rings. The molecule has 0 fully saturated rings. The minimum Gasteiger partial charge on any atom is -0.492 e. The first-order valence-corrected chi connectivity index (χ1v) is 9.66. The molecular formula is C19H20N2O6S. The molecule has 1 N–H and O–H groups in total. The predicted octanol–water partition coefficient (Wildman–Crippen LogP) is 3.90. The first kappa shape index (κ1) is 21.2. The molecule has 0 unspecified atom stereocenters. The third-order valence-corrected chi connectivity index (χ3v) is 4.49. The van der Waals surface area contributed by atoms with E-state index in [1.54, 1.807) is 30.5 Å². The number of carbonyl (C=O) groups is 2. The molecular weight excluding hydrogens is 384 g/mol. The fraction of sp³-hybridized carbons (Fsp3) is 0.263. The molecule has 148 valence electrons. The van der Waals surface area contributed by atoms with Crippen molar-refractivity contribution in [3.63, 3.8) is 0 Å². The average molecular weight is 404 g/mol. The van der Waals surface area contributed by atoms with Crippen LogP contribution < -0.4 is 10.1 Å². The number of nitro groups is 1. The van der Waals surface area contributed by atoms with E-state index in [4.69, 9.17) is 9.47 Å². The Labute approximate surface area is 166 Å². The number of carbonyl (C=O) groups excluding carboxylic acids is 2. The van der Waals surface area contributed by atoms with Gasteiger partial charge in [0.25, 0.3) is 11.6 Å². The molecule has 1 amide bonds. The number of hydrogen-bond acceptors (Lipinski definition) is 7. The number of anilines is 1. The van der Waals surface area contributed by atoms with Crippen molar-refractivity contribution in [2.24, 2.45) is 0 Å². The van der Waals surface area contributed by atoms with Crippen LogP contribution in [0, 0.1) is 10.1 Å². The number of hydrogen-bond donors (Lipinski definition) is 1. The molecule has 2 aromatic rings. The van der Waals surface area contributed by atoms with Crippen molar-refractivity contribution < 1.29 is 24.0 Å². The van der Waals surface area contributed by atoms with Gasteiger partial charge in [-0.2, -0.15) is 0 Å². The molecule has 0 saturated carbocycles. The molecule has 0 aromatic heterocycles. The summed E-state index contributed by atoms with van der Waals surface area (Å²) in [4.78, 5) is 35.7. The summed E-state index contributed by atoms with van der Waals surface area (Å²) in [5.41, 5.74) is 0.265. The van der Waals surface area contributed by atoms with Crippen molar-refractivity contribution in [2.45, 2.75) is 24.8 Å². The number of nitrogens with zero attached hydrogens (tertiary/aromatic N) is 1. The van der Waals surface area contributed by atoms with Gasteiger partial charge in [-0.1, -0.05) is 12.1 Å². The molecule has 1 atom stereocenters. The van der Waals surface area contributed by atoms with E-state index in [0.29, 0.717) is 22.9 Å². The summed E-state index contributed by atoms with van der Waals surface area (Å²) in [6.45, 7) is 3.67. The van der Waals surface area contributed by atoms with Crippen molar-refractivity contribution in [1.29, 1.82) is 0 Å². The third-order valence-electron chi connectivity index (χ3n) is 3.71. The van der Waals surface area contributed by atoms with Crippen LogP contribution in [-0.4, -0.2) is 35.8 Å². The summed E-state index contributed by atoms with van der Waals surface area (Å²) in [6.07, 6.45) is 0.591. The van der Waals surface area contributed by atoms with E-state index in [9.17, 15) is 19.7 Å². The van der Waals surface area contributed by atoms with Gasteiger partial charge in [-0.25, -0.2) is 4.79 Å². The monoisotopic (exact) mass is 404 g/mol. The Morgan fingerprint density at radius 2 is 1.96 bits per heavy atom. The topological polar surface area (TPSA) is 108 Å². The average Bonchev–Trinajstić information content (AvgIpc) is 2.68. The molecule has 0 radical (unpaired) electrons. The zero-order valence-corrected chi connectivity index (χ0v) is 16.4. The van der Waals surface area contributed by atoms with Gasteiger partial charge in [-0.05, 0) is 44.4 Å². The molecule has 9 heteroatoms. The van der Waals surface area contributed by atoms with Gasteiger partial charge in [-0.3, -0.25) is 14.9 Å². The number of esters is 1. The Kier molecular flexibility index (Phi) is 7.39. The fourth-order valence-electron chi connectivity index (χ4n) is 2.33. The van der Waals surface area contributed by atoms with E-state index in [-0.39, 0.29) is 11.3 Å². The summed E-state index contributed by atoms with van der Waals surface area (Å²) in [5.74, 6) is -0.868. The molecule has 0 aliphatic heterocycles.